The third kappa shape index (κ3) is 4.19. The number of carbonyl (C=O) groups excluding carboxylic acids is 2. The van der Waals surface area contributed by atoms with E-state index in [1.807, 2.05) is 85.8 Å². The van der Waals surface area contributed by atoms with E-state index in [1.165, 1.54) is 11.8 Å². The van der Waals surface area contributed by atoms with Crippen molar-refractivity contribution in [2.75, 3.05) is 0 Å². The van der Waals surface area contributed by atoms with E-state index in [1.54, 1.807) is 17.0 Å². The van der Waals surface area contributed by atoms with E-state index < -0.39 is 17.2 Å². The maximum Gasteiger partial charge on any atom is 0.275 e. The van der Waals surface area contributed by atoms with Gasteiger partial charge in [0.25, 0.3) is 11.8 Å². The smallest absolute Gasteiger partial charge is 0.275 e. The minimum Gasteiger partial charge on any atom is -0.489 e. The lowest BCUT2D eigenvalue weighted by molar-refractivity contribution is -0.123. The number of rotatable bonds is 8. The first-order valence-corrected chi connectivity index (χ1v) is 13.8. The fourth-order valence-electron chi connectivity index (χ4n) is 5.65. The van der Waals surface area contributed by atoms with Crippen LogP contribution < -0.4 is 15.8 Å². The normalized spacial score (nSPS) is 18.7. The van der Waals surface area contributed by atoms with Gasteiger partial charge in [0, 0.05) is 23.0 Å². The van der Waals surface area contributed by atoms with Crippen LogP contribution in [0.25, 0.3) is 16.6 Å². The summed E-state index contributed by atoms with van der Waals surface area (Å²) in [4.78, 5) is 31.8. The molecule has 2 atom stereocenters. The molecule has 4 aromatic rings. The summed E-state index contributed by atoms with van der Waals surface area (Å²) in [5.41, 5.74) is 8.68. The number of aromatic nitrogens is 1. The van der Waals surface area contributed by atoms with Crippen LogP contribution in [0, 0.1) is 5.41 Å². The van der Waals surface area contributed by atoms with Crippen molar-refractivity contribution in [3.8, 4) is 5.75 Å². The Morgan fingerprint density at radius 1 is 1.07 bits per heavy atom. The number of amides is 2. The second-order valence-electron chi connectivity index (χ2n) is 9.71. The molecule has 1 aromatic heterocycles. The fourth-order valence-corrected chi connectivity index (χ4v) is 6.62. The molecule has 0 saturated heterocycles. The van der Waals surface area contributed by atoms with Crippen LogP contribution >= 0.6 is 11.8 Å². The van der Waals surface area contributed by atoms with E-state index in [-0.39, 0.29) is 16.1 Å². The molecule has 2 unspecified atom stereocenters. The summed E-state index contributed by atoms with van der Waals surface area (Å²) >= 11 is 1.18. The number of imide groups is 1. The molecule has 3 heterocycles. The van der Waals surface area contributed by atoms with Crippen LogP contribution in [0.3, 0.4) is 0 Å². The molecule has 6 rings (SSSR count). The molecule has 0 radical (unpaired) electrons. The van der Waals surface area contributed by atoms with Gasteiger partial charge in [0.15, 0.2) is 5.17 Å². The van der Waals surface area contributed by atoms with Crippen molar-refractivity contribution >= 4 is 57.2 Å². The summed E-state index contributed by atoms with van der Waals surface area (Å²) in [6.45, 7) is 2.42. The van der Waals surface area contributed by atoms with Gasteiger partial charge in [-0.05, 0) is 47.9 Å². The highest BCUT2D eigenvalue weighted by Crippen LogP contribution is 2.51. The quantitative estimate of drug-likeness (QED) is 0.159. The lowest BCUT2D eigenvalue weighted by Gasteiger charge is -2.36. The Balaban J connectivity index is 1.49. The number of para-hydroxylation sites is 1. The summed E-state index contributed by atoms with van der Waals surface area (Å²) in [6, 6.07) is 25.1. The van der Waals surface area contributed by atoms with Gasteiger partial charge in [0.2, 0.25) is 0 Å². The number of hydrogen-bond acceptors (Lipinski definition) is 6. The van der Waals surface area contributed by atoms with Crippen LogP contribution in [0.4, 0.5) is 5.69 Å². The van der Waals surface area contributed by atoms with Crippen molar-refractivity contribution in [1.82, 2.24) is 9.88 Å². The van der Waals surface area contributed by atoms with Crippen molar-refractivity contribution in [3.05, 3.63) is 102 Å². The molecule has 4 N–H and O–H groups in total. The van der Waals surface area contributed by atoms with E-state index in [0.717, 1.165) is 27.7 Å². The molecule has 2 amide bonds. The molecular formula is C31H27N5O3S. The van der Waals surface area contributed by atoms with Crippen LogP contribution in [0.1, 0.15) is 24.5 Å². The lowest BCUT2D eigenvalue weighted by atomic mass is 9.71. The topological polar surface area (TPSA) is 123 Å². The van der Waals surface area contributed by atoms with Crippen LogP contribution in [-0.4, -0.2) is 33.0 Å². The van der Waals surface area contributed by atoms with E-state index >= 15 is 0 Å². The lowest BCUT2D eigenvalue weighted by Crippen LogP contribution is -2.44. The van der Waals surface area contributed by atoms with Gasteiger partial charge in [-0.1, -0.05) is 67.2 Å². The van der Waals surface area contributed by atoms with Crippen LogP contribution in [-0.2, 0) is 21.6 Å². The zero-order valence-electron chi connectivity index (χ0n) is 21.8. The third-order valence-electron chi connectivity index (χ3n) is 7.38. The number of nitrogens with one attached hydrogen (secondary N) is 2. The van der Waals surface area contributed by atoms with Gasteiger partial charge < -0.3 is 15.0 Å². The SMILES string of the molecule is CCC(SC(=N)N)C1(C2=C(n3ccc4cc(OCc5ccccc5)ccc43)C(=O)NC2=O)C=Nc2ccccc21. The van der Waals surface area contributed by atoms with E-state index in [9.17, 15) is 9.59 Å². The van der Waals surface area contributed by atoms with Crippen LogP contribution in [0.2, 0.25) is 0 Å². The van der Waals surface area contributed by atoms with Gasteiger partial charge >= 0.3 is 0 Å². The summed E-state index contributed by atoms with van der Waals surface area (Å²) in [6.07, 6.45) is 4.12. The summed E-state index contributed by atoms with van der Waals surface area (Å²) < 4.78 is 7.76. The Morgan fingerprint density at radius 2 is 1.85 bits per heavy atom. The Bertz CT molecular complexity index is 1730. The summed E-state index contributed by atoms with van der Waals surface area (Å²) in [7, 11) is 0. The second kappa shape index (κ2) is 10.2. The molecule has 0 saturated carbocycles. The molecule has 0 aliphatic carbocycles. The number of amidine groups is 1. The van der Waals surface area contributed by atoms with E-state index in [2.05, 4.69) is 10.3 Å². The van der Waals surface area contributed by atoms with E-state index in [0.29, 0.717) is 24.4 Å². The second-order valence-corrected chi connectivity index (χ2v) is 11.0. The fraction of sp³-hybridized carbons (Fsp3) is 0.161. The Hall–Kier alpha value is -4.63. The number of ether oxygens (including phenoxy) is 1. The van der Waals surface area contributed by atoms with Crippen LogP contribution in [0.15, 0.2) is 95.6 Å². The molecule has 2 aliphatic rings. The molecule has 0 fully saturated rings. The number of benzene rings is 3. The zero-order chi connectivity index (χ0) is 27.9. The van der Waals surface area contributed by atoms with Gasteiger partial charge in [-0.3, -0.25) is 25.3 Å². The maximum atomic E-state index is 13.6. The number of nitrogens with zero attached hydrogens (tertiary/aromatic N) is 2. The number of fused-ring (bicyclic) bond motifs is 2. The van der Waals surface area contributed by atoms with Crippen LogP contribution in [0.5, 0.6) is 5.75 Å². The zero-order valence-corrected chi connectivity index (χ0v) is 22.6. The number of nitrogens with two attached hydrogens (primary N) is 1. The molecule has 0 spiro atoms. The van der Waals surface area contributed by atoms with Crippen molar-refractivity contribution in [2.24, 2.45) is 10.7 Å². The molecule has 2 aliphatic heterocycles. The number of hydrogen-bond donors (Lipinski definition) is 3. The summed E-state index contributed by atoms with van der Waals surface area (Å²) in [5.74, 6) is -0.260. The average Bonchev–Trinajstić information content (AvgIpc) is 3.64. The van der Waals surface area contributed by atoms with Gasteiger partial charge in [0.1, 0.15) is 18.1 Å². The molecular weight excluding hydrogens is 522 g/mol. The van der Waals surface area contributed by atoms with Crippen molar-refractivity contribution in [3.63, 3.8) is 0 Å². The van der Waals surface area contributed by atoms with Crippen molar-refractivity contribution in [2.45, 2.75) is 30.6 Å². The Kier molecular flexibility index (Phi) is 6.51. The molecule has 9 heteroatoms. The van der Waals surface area contributed by atoms with Crippen molar-refractivity contribution in [1.29, 1.82) is 5.41 Å². The highest BCUT2D eigenvalue weighted by molar-refractivity contribution is 8.14. The first-order valence-electron chi connectivity index (χ1n) is 13.0. The van der Waals surface area contributed by atoms with Gasteiger partial charge in [-0.15, -0.1) is 0 Å². The first-order chi connectivity index (χ1) is 19.4. The molecule has 3 aromatic carbocycles. The first kappa shape index (κ1) is 25.6. The Morgan fingerprint density at radius 3 is 2.62 bits per heavy atom. The average molecular weight is 550 g/mol. The highest BCUT2D eigenvalue weighted by atomic mass is 32.2. The maximum absolute atomic E-state index is 13.6. The minimum atomic E-state index is -1.07. The van der Waals surface area contributed by atoms with Gasteiger partial charge in [-0.25, -0.2) is 0 Å². The highest BCUT2D eigenvalue weighted by Gasteiger charge is 2.53. The third-order valence-corrected chi connectivity index (χ3v) is 8.62. The molecule has 200 valence electrons. The number of carbonyl (C=O) groups is 2. The summed E-state index contributed by atoms with van der Waals surface area (Å²) in [5, 5.41) is 11.0. The van der Waals surface area contributed by atoms with Gasteiger partial charge in [-0.2, -0.15) is 0 Å². The minimum absolute atomic E-state index is 0.0645. The predicted octanol–water partition coefficient (Wildman–Crippen LogP) is 5.15. The largest absolute Gasteiger partial charge is 0.489 e. The van der Waals surface area contributed by atoms with Crippen molar-refractivity contribution < 1.29 is 14.3 Å². The molecule has 8 nitrogen and oxygen atoms in total. The monoisotopic (exact) mass is 549 g/mol. The van der Waals surface area contributed by atoms with E-state index in [4.69, 9.17) is 15.9 Å². The number of thioether (sulfide) groups is 1. The standard InChI is InChI=1S/C31H27N5O3S/c1-2-25(40-30(32)33)31(18-34-23-11-7-6-10-22(23)31)26-27(29(38)35-28(26)37)36-15-14-20-16-21(12-13-24(20)36)39-17-19-8-4-3-5-9-19/h3-16,18,25H,2,17H2,1H3,(H3,32,33)(H,35,37,38). The van der Waals surface area contributed by atoms with Gasteiger partial charge in [0.05, 0.1) is 22.2 Å². The number of aliphatic imine (C=N–C) groups is 1. The predicted molar refractivity (Wildman–Crippen MR) is 159 cm³/mol. The molecule has 0 bridgehead atoms. The Labute approximate surface area is 235 Å². The molecule has 40 heavy (non-hydrogen) atoms.